The summed E-state index contributed by atoms with van der Waals surface area (Å²) in [6.45, 7) is 3.44. The van der Waals surface area contributed by atoms with Crippen LogP contribution in [0.15, 0.2) is 55.0 Å². The fraction of sp³-hybridized carbons (Fsp3) is 0.250. The Morgan fingerprint density at radius 1 is 1.00 bits per heavy atom. The molecule has 0 atom stereocenters. The molecular weight excluding hydrogens is 326 g/mol. The molecule has 0 unspecified atom stereocenters. The van der Waals surface area contributed by atoms with E-state index >= 15 is 0 Å². The second kappa shape index (κ2) is 8.80. The molecule has 6 heteroatoms. The van der Waals surface area contributed by atoms with Crippen LogP contribution in [-0.4, -0.2) is 28.6 Å². The standard InChI is InChI=1S/C20H23N5O/c1-15-12-23-20(24-14-17-4-3-10-21-13-17)25-19(15)22-11-9-16-5-7-18(26-2)8-6-16/h3-8,10,12-13H,9,11,14H2,1-2H3,(H2,22,23,24,25). The van der Waals surface area contributed by atoms with Gasteiger partial charge in [0.25, 0.3) is 0 Å². The van der Waals surface area contributed by atoms with Crippen molar-refractivity contribution in [2.75, 3.05) is 24.3 Å². The van der Waals surface area contributed by atoms with Gasteiger partial charge in [0.1, 0.15) is 11.6 Å². The van der Waals surface area contributed by atoms with Crippen LogP contribution in [0.5, 0.6) is 5.75 Å². The van der Waals surface area contributed by atoms with Crippen molar-refractivity contribution >= 4 is 11.8 Å². The van der Waals surface area contributed by atoms with Gasteiger partial charge in [0.05, 0.1) is 7.11 Å². The van der Waals surface area contributed by atoms with Gasteiger partial charge >= 0.3 is 0 Å². The van der Waals surface area contributed by atoms with Crippen molar-refractivity contribution in [3.63, 3.8) is 0 Å². The van der Waals surface area contributed by atoms with Crippen LogP contribution < -0.4 is 15.4 Å². The summed E-state index contributed by atoms with van der Waals surface area (Å²) < 4.78 is 5.18. The third-order valence-electron chi connectivity index (χ3n) is 4.01. The van der Waals surface area contributed by atoms with Crippen LogP contribution in [0.1, 0.15) is 16.7 Å². The zero-order valence-electron chi connectivity index (χ0n) is 15.1. The zero-order valence-corrected chi connectivity index (χ0v) is 15.1. The predicted molar refractivity (Wildman–Crippen MR) is 104 cm³/mol. The molecule has 6 nitrogen and oxygen atoms in total. The first kappa shape index (κ1) is 17.7. The molecule has 0 spiro atoms. The maximum Gasteiger partial charge on any atom is 0.224 e. The zero-order chi connectivity index (χ0) is 18.2. The number of hydrogen-bond donors (Lipinski definition) is 2. The van der Waals surface area contributed by atoms with Gasteiger partial charge in [0.2, 0.25) is 5.95 Å². The smallest absolute Gasteiger partial charge is 0.224 e. The van der Waals surface area contributed by atoms with Gasteiger partial charge in [-0.15, -0.1) is 0 Å². The van der Waals surface area contributed by atoms with Crippen LogP contribution in [0.25, 0.3) is 0 Å². The average molecular weight is 349 g/mol. The van der Waals surface area contributed by atoms with E-state index in [0.717, 1.165) is 35.7 Å². The molecule has 2 heterocycles. The van der Waals surface area contributed by atoms with E-state index in [9.17, 15) is 0 Å². The third kappa shape index (κ3) is 4.92. The minimum Gasteiger partial charge on any atom is -0.497 e. The lowest BCUT2D eigenvalue weighted by Gasteiger charge is -2.11. The van der Waals surface area contributed by atoms with E-state index in [1.165, 1.54) is 5.56 Å². The van der Waals surface area contributed by atoms with Gasteiger partial charge in [0, 0.05) is 37.2 Å². The van der Waals surface area contributed by atoms with Crippen molar-refractivity contribution in [3.05, 3.63) is 71.7 Å². The highest BCUT2D eigenvalue weighted by molar-refractivity contribution is 5.46. The van der Waals surface area contributed by atoms with E-state index < -0.39 is 0 Å². The summed E-state index contributed by atoms with van der Waals surface area (Å²) in [4.78, 5) is 13.0. The summed E-state index contributed by atoms with van der Waals surface area (Å²) in [6, 6.07) is 12.0. The topological polar surface area (TPSA) is 72.0 Å². The number of pyridine rings is 1. The number of aryl methyl sites for hydroxylation is 1. The summed E-state index contributed by atoms with van der Waals surface area (Å²) in [5, 5.41) is 6.63. The summed E-state index contributed by atoms with van der Waals surface area (Å²) in [7, 11) is 1.67. The Balaban J connectivity index is 1.55. The molecule has 0 saturated heterocycles. The lowest BCUT2D eigenvalue weighted by Crippen LogP contribution is -2.10. The first-order valence-electron chi connectivity index (χ1n) is 8.58. The highest BCUT2D eigenvalue weighted by atomic mass is 16.5. The minimum absolute atomic E-state index is 0.603. The molecule has 134 valence electrons. The fourth-order valence-electron chi connectivity index (χ4n) is 2.51. The molecule has 0 radical (unpaired) electrons. The quantitative estimate of drug-likeness (QED) is 0.649. The van der Waals surface area contributed by atoms with Crippen molar-refractivity contribution in [2.45, 2.75) is 19.9 Å². The largest absolute Gasteiger partial charge is 0.497 e. The number of nitrogens with one attached hydrogen (secondary N) is 2. The normalized spacial score (nSPS) is 10.4. The van der Waals surface area contributed by atoms with Crippen molar-refractivity contribution < 1.29 is 4.74 Å². The second-order valence-corrected chi connectivity index (χ2v) is 5.96. The molecule has 2 N–H and O–H groups in total. The monoisotopic (exact) mass is 349 g/mol. The molecule has 0 saturated carbocycles. The fourth-order valence-corrected chi connectivity index (χ4v) is 2.51. The lowest BCUT2D eigenvalue weighted by atomic mass is 10.1. The number of aromatic nitrogens is 3. The number of anilines is 2. The van der Waals surface area contributed by atoms with E-state index in [0.29, 0.717) is 12.5 Å². The molecule has 3 aromatic rings. The van der Waals surface area contributed by atoms with E-state index in [-0.39, 0.29) is 0 Å². The molecule has 0 aliphatic rings. The van der Waals surface area contributed by atoms with E-state index in [2.05, 4.69) is 37.7 Å². The molecule has 0 amide bonds. The van der Waals surface area contributed by atoms with Gasteiger partial charge in [-0.3, -0.25) is 4.98 Å². The van der Waals surface area contributed by atoms with Crippen LogP contribution in [0.2, 0.25) is 0 Å². The SMILES string of the molecule is COc1ccc(CCNc2nc(NCc3cccnc3)ncc2C)cc1. The van der Waals surface area contributed by atoms with Crippen LogP contribution >= 0.6 is 0 Å². The number of rotatable bonds is 8. The van der Waals surface area contributed by atoms with Crippen molar-refractivity contribution in [3.8, 4) is 5.75 Å². The van der Waals surface area contributed by atoms with E-state index in [4.69, 9.17) is 4.74 Å². The molecule has 0 bridgehead atoms. The summed E-state index contributed by atoms with van der Waals surface area (Å²) in [5.74, 6) is 2.33. The summed E-state index contributed by atoms with van der Waals surface area (Å²) in [5.41, 5.74) is 3.36. The Hall–Kier alpha value is -3.15. The van der Waals surface area contributed by atoms with Gasteiger partial charge in [-0.2, -0.15) is 4.98 Å². The molecule has 2 aromatic heterocycles. The van der Waals surface area contributed by atoms with Crippen molar-refractivity contribution in [1.82, 2.24) is 15.0 Å². The number of methoxy groups -OCH3 is 1. The molecule has 1 aromatic carbocycles. The first-order valence-corrected chi connectivity index (χ1v) is 8.58. The number of nitrogens with zero attached hydrogens (tertiary/aromatic N) is 3. The first-order chi connectivity index (χ1) is 12.7. The van der Waals surface area contributed by atoms with E-state index in [1.54, 1.807) is 13.3 Å². The maximum atomic E-state index is 5.18. The summed E-state index contributed by atoms with van der Waals surface area (Å²) in [6.07, 6.45) is 6.33. The van der Waals surface area contributed by atoms with Crippen molar-refractivity contribution in [2.24, 2.45) is 0 Å². The van der Waals surface area contributed by atoms with Gasteiger partial charge in [-0.1, -0.05) is 18.2 Å². The highest BCUT2D eigenvalue weighted by Crippen LogP contribution is 2.15. The molecule has 0 aliphatic carbocycles. The third-order valence-corrected chi connectivity index (χ3v) is 4.01. The van der Waals surface area contributed by atoms with Gasteiger partial charge < -0.3 is 15.4 Å². The van der Waals surface area contributed by atoms with Gasteiger partial charge in [-0.25, -0.2) is 4.98 Å². The Kier molecular flexibility index (Phi) is 5.98. The van der Waals surface area contributed by atoms with Crippen molar-refractivity contribution in [1.29, 1.82) is 0 Å². The number of benzene rings is 1. The Bertz CT molecular complexity index is 821. The summed E-state index contributed by atoms with van der Waals surface area (Å²) >= 11 is 0. The average Bonchev–Trinajstić information content (AvgIpc) is 2.69. The molecular formula is C20H23N5O. The minimum atomic E-state index is 0.603. The lowest BCUT2D eigenvalue weighted by molar-refractivity contribution is 0.414. The highest BCUT2D eigenvalue weighted by Gasteiger charge is 2.04. The predicted octanol–water partition coefficient (Wildman–Crippen LogP) is 3.46. The van der Waals surface area contributed by atoms with E-state index in [1.807, 2.05) is 43.6 Å². The van der Waals surface area contributed by atoms with Crippen LogP contribution in [-0.2, 0) is 13.0 Å². The Morgan fingerprint density at radius 3 is 2.58 bits per heavy atom. The van der Waals surface area contributed by atoms with Crippen LogP contribution in [0.4, 0.5) is 11.8 Å². The van der Waals surface area contributed by atoms with Crippen LogP contribution in [0, 0.1) is 6.92 Å². The van der Waals surface area contributed by atoms with Gasteiger partial charge in [0.15, 0.2) is 0 Å². The molecule has 3 rings (SSSR count). The number of hydrogen-bond acceptors (Lipinski definition) is 6. The number of ether oxygens (including phenoxy) is 1. The maximum absolute atomic E-state index is 5.18. The van der Waals surface area contributed by atoms with Crippen LogP contribution in [0.3, 0.4) is 0 Å². The second-order valence-electron chi connectivity index (χ2n) is 5.96. The Labute approximate surface area is 153 Å². The Morgan fingerprint density at radius 2 is 1.85 bits per heavy atom. The molecule has 26 heavy (non-hydrogen) atoms. The molecule has 0 fully saturated rings. The van der Waals surface area contributed by atoms with Gasteiger partial charge in [-0.05, 0) is 42.7 Å². The molecule has 0 aliphatic heterocycles.